The lowest BCUT2D eigenvalue weighted by molar-refractivity contribution is -0.136. The first-order valence-electron chi connectivity index (χ1n) is 10.6. The van der Waals surface area contributed by atoms with Crippen LogP contribution in [0.2, 0.25) is 0 Å². The van der Waals surface area contributed by atoms with E-state index in [1.165, 1.54) is 43.0 Å². The van der Waals surface area contributed by atoms with Crippen LogP contribution in [-0.4, -0.2) is 47.7 Å². The largest absolute Gasteiger partial charge is 0.507 e. The summed E-state index contributed by atoms with van der Waals surface area (Å²) in [7, 11) is -3.54. The molecule has 7 nitrogen and oxygen atoms in total. The van der Waals surface area contributed by atoms with Gasteiger partial charge in [0.05, 0.1) is 22.6 Å². The van der Waals surface area contributed by atoms with Crippen molar-refractivity contribution in [2.24, 2.45) is 0 Å². The second-order valence-electron chi connectivity index (χ2n) is 7.61. The maximum Gasteiger partial charge on any atom is 0.303 e. The molecule has 0 saturated heterocycles. The molecule has 0 saturated carbocycles. The summed E-state index contributed by atoms with van der Waals surface area (Å²) in [5.74, 6) is -1.18. The highest BCUT2D eigenvalue weighted by Gasteiger charge is 2.18. The van der Waals surface area contributed by atoms with Gasteiger partial charge in [-0.25, -0.2) is 8.42 Å². The van der Waals surface area contributed by atoms with E-state index in [1.807, 2.05) is 6.92 Å². The molecule has 0 radical (unpaired) electrons. The fourth-order valence-electron chi connectivity index (χ4n) is 3.29. The Morgan fingerprint density at radius 2 is 1.67 bits per heavy atom. The van der Waals surface area contributed by atoms with E-state index >= 15 is 0 Å². The molecule has 0 unspecified atom stereocenters. The summed E-state index contributed by atoms with van der Waals surface area (Å²) < 4.78 is 25.3. The Bertz CT molecular complexity index is 1120. The standard InChI is InChI=1S/C24H28O7S2/c1-3-5-20-22(12-10-19(16(2)25)24(20)29)32-14-4-15-33(30,31)18-8-6-17(7-9-18)21(26)11-13-23(27)28/h6-10,12,29H,3-5,11,13-15H2,1-2H3,(H,27,28). The third-order valence-corrected chi connectivity index (χ3v) is 8.04. The Kier molecular flexibility index (Phi) is 9.67. The molecule has 2 N–H and O–H groups in total. The van der Waals surface area contributed by atoms with Gasteiger partial charge in [0.2, 0.25) is 0 Å². The lowest BCUT2D eigenvalue weighted by Crippen LogP contribution is -2.09. The van der Waals surface area contributed by atoms with Crippen LogP contribution in [0.1, 0.15) is 65.8 Å². The third kappa shape index (κ3) is 7.43. The van der Waals surface area contributed by atoms with Crippen LogP contribution in [0.3, 0.4) is 0 Å². The zero-order chi connectivity index (χ0) is 24.6. The molecule has 0 aliphatic carbocycles. The molecule has 33 heavy (non-hydrogen) atoms. The summed E-state index contributed by atoms with van der Waals surface area (Å²) in [6.07, 6.45) is 1.39. The summed E-state index contributed by atoms with van der Waals surface area (Å²) in [4.78, 5) is 35.2. The van der Waals surface area contributed by atoms with Crippen LogP contribution < -0.4 is 0 Å². The summed E-state index contributed by atoms with van der Waals surface area (Å²) in [5, 5.41) is 19.1. The predicted octanol–water partition coefficient (Wildman–Crippen LogP) is 4.55. The Balaban J connectivity index is 1.99. The number of phenols is 1. The molecule has 0 atom stereocenters. The van der Waals surface area contributed by atoms with E-state index in [9.17, 15) is 27.9 Å². The number of carbonyl (C=O) groups is 3. The van der Waals surface area contributed by atoms with E-state index in [-0.39, 0.29) is 51.9 Å². The molecule has 0 amide bonds. The van der Waals surface area contributed by atoms with E-state index in [0.29, 0.717) is 24.2 Å². The highest BCUT2D eigenvalue weighted by molar-refractivity contribution is 7.99. The van der Waals surface area contributed by atoms with Crippen molar-refractivity contribution in [1.29, 1.82) is 0 Å². The second kappa shape index (κ2) is 12.0. The van der Waals surface area contributed by atoms with Gasteiger partial charge in [0.25, 0.3) is 0 Å². The number of carboxylic acid groups (broad SMARTS) is 1. The molecule has 0 aromatic heterocycles. The fourth-order valence-corrected chi connectivity index (χ4v) is 5.83. The number of hydrogen-bond donors (Lipinski definition) is 2. The van der Waals surface area contributed by atoms with Crippen LogP contribution in [0, 0.1) is 0 Å². The molecule has 0 heterocycles. The number of carboxylic acids is 1. The van der Waals surface area contributed by atoms with Crippen molar-refractivity contribution in [3.05, 3.63) is 53.1 Å². The number of hydrogen-bond acceptors (Lipinski definition) is 7. The third-order valence-electron chi connectivity index (χ3n) is 5.04. The lowest BCUT2D eigenvalue weighted by Gasteiger charge is -2.13. The summed E-state index contributed by atoms with van der Waals surface area (Å²) in [6.45, 7) is 3.38. The molecule has 9 heteroatoms. The number of sulfone groups is 1. The number of rotatable bonds is 13. The van der Waals surface area contributed by atoms with Crippen LogP contribution in [0.5, 0.6) is 5.75 Å². The van der Waals surface area contributed by atoms with Gasteiger partial charge in [0.15, 0.2) is 21.4 Å². The number of aromatic hydroxyl groups is 1. The molecule has 2 aromatic carbocycles. The van der Waals surface area contributed by atoms with Crippen molar-refractivity contribution in [2.75, 3.05) is 11.5 Å². The molecule has 0 bridgehead atoms. The molecule has 2 rings (SSSR count). The minimum Gasteiger partial charge on any atom is -0.507 e. The van der Waals surface area contributed by atoms with Crippen LogP contribution in [0.15, 0.2) is 46.2 Å². The van der Waals surface area contributed by atoms with Gasteiger partial charge in [-0.3, -0.25) is 14.4 Å². The monoisotopic (exact) mass is 492 g/mol. The van der Waals surface area contributed by atoms with Crippen LogP contribution >= 0.6 is 11.8 Å². The first-order chi connectivity index (χ1) is 15.6. The molecule has 2 aromatic rings. The van der Waals surface area contributed by atoms with E-state index in [4.69, 9.17) is 5.11 Å². The zero-order valence-corrected chi connectivity index (χ0v) is 20.3. The smallest absolute Gasteiger partial charge is 0.303 e. The quantitative estimate of drug-likeness (QED) is 0.237. The summed E-state index contributed by atoms with van der Waals surface area (Å²) >= 11 is 1.44. The molecular formula is C24H28O7S2. The molecule has 0 aliphatic rings. The summed E-state index contributed by atoms with van der Waals surface area (Å²) in [6, 6.07) is 8.93. The zero-order valence-electron chi connectivity index (χ0n) is 18.7. The molecule has 178 valence electrons. The fraction of sp³-hybridized carbons (Fsp3) is 0.375. The Hall–Kier alpha value is -2.65. The van der Waals surface area contributed by atoms with Gasteiger partial charge >= 0.3 is 5.97 Å². The summed E-state index contributed by atoms with van der Waals surface area (Å²) in [5.41, 5.74) is 1.28. The van der Waals surface area contributed by atoms with E-state index in [2.05, 4.69) is 0 Å². The average Bonchev–Trinajstić information content (AvgIpc) is 2.77. The van der Waals surface area contributed by atoms with Gasteiger partial charge in [0, 0.05) is 22.4 Å². The van der Waals surface area contributed by atoms with Crippen molar-refractivity contribution < 1.29 is 33.0 Å². The van der Waals surface area contributed by atoms with E-state index in [0.717, 1.165) is 11.3 Å². The van der Waals surface area contributed by atoms with Crippen LogP contribution in [0.4, 0.5) is 0 Å². The molecule has 0 fully saturated rings. The number of benzene rings is 2. The molecular weight excluding hydrogens is 464 g/mol. The van der Waals surface area contributed by atoms with Crippen LogP contribution in [0.25, 0.3) is 0 Å². The normalized spacial score (nSPS) is 11.3. The van der Waals surface area contributed by atoms with E-state index in [1.54, 1.807) is 12.1 Å². The van der Waals surface area contributed by atoms with Gasteiger partial charge in [-0.1, -0.05) is 25.5 Å². The second-order valence-corrected chi connectivity index (χ2v) is 10.9. The van der Waals surface area contributed by atoms with Crippen molar-refractivity contribution in [1.82, 2.24) is 0 Å². The molecule has 0 aliphatic heterocycles. The predicted molar refractivity (Wildman–Crippen MR) is 127 cm³/mol. The molecule has 0 spiro atoms. The van der Waals surface area contributed by atoms with Crippen molar-refractivity contribution in [3.8, 4) is 5.75 Å². The average molecular weight is 493 g/mol. The maximum atomic E-state index is 12.6. The number of ketones is 2. The van der Waals surface area contributed by atoms with Crippen molar-refractivity contribution in [3.63, 3.8) is 0 Å². The number of Topliss-reactive ketones (excluding diaryl/α,β-unsaturated/α-hetero) is 2. The van der Waals surface area contributed by atoms with Gasteiger partial charge < -0.3 is 10.2 Å². The van der Waals surface area contributed by atoms with Gasteiger partial charge in [-0.05, 0) is 49.8 Å². The first kappa shape index (κ1) is 26.6. The highest BCUT2D eigenvalue weighted by atomic mass is 32.2. The van der Waals surface area contributed by atoms with E-state index < -0.39 is 15.8 Å². The number of carbonyl (C=O) groups excluding carboxylic acids is 2. The lowest BCUT2D eigenvalue weighted by atomic mass is 10.0. The minimum atomic E-state index is -3.54. The Morgan fingerprint density at radius 3 is 2.24 bits per heavy atom. The number of thioether (sulfide) groups is 1. The van der Waals surface area contributed by atoms with Gasteiger partial charge in [-0.2, -0.15) is 0 Å². The Labute approximate surface area is 198 Å². The van der Waals surface area contributed by atoms with Gasteiger partial charge in [-0.15, -0.1) is 11.8 Å². The highest BCUT2D eigenvalue weighted by Crippen LogP contribution is 2.34. The number of aliphatic carboxylic acids is 1. The minimum absolute atomic E-state index is 0.0000341. The first-order valence-corrected chi connectivity index (χ1v) is 13.3. The maximum absolute atomic E-state index is 12.6. The SMILES string of the molecule is CCCc1c(SCCCS(=O)(=O)c2ccc(C(=O)CCC(=O)O)cc2)ccc(C(C)=O)c1O. The Morgan fingerprint density at radius 1 is 1.00 bits per heavy atom. The topological polar surface area (TPSA) is 126 Å². The van der Waals surface area contributed by atoms with Crippen LogP contribution in [-0.2, 0) is 21.1 Å². The van der Waals surface area contributed by atoms with Gasteiger partial charge in [0.1, 0.15) is 5.75 Å². The van der Waals surface area contributed by atoms with Crippen molar-refractivity contribution in [2.45, 2.75) is 55.7 Å². The number of phenolic OH excluding ortho intramolecular Hbond substituents is 1. The van der Waals surface area contributed by atoms with Crippen molar-refractivity contribution >= 4 is 39.1 Å².